The third-order valence-electron chi connectivity index (χ3n) is 3.90. The smallest absolute Gasteiger partial charge is 0.346 e. The van der Waals surface area contributed by atoms with Gasteiger partial charge in [0, 0.05) is 25.2 Å². The molecule has 0 saturated carbocycles. The Hall–Kier alpha value is -2.19. The Morgan fingerprint density at radius 1 is 1.25 bits per heavy atom. The van der Waals surface area contributed by atoms with E-state index in [-0.39, 0.29) is 25.1 Å². The van der Waals surface area contributed by atoms with Crippen LogP contribution in [-0.2, 0) is 4.79 Å². The van der Waals surface area contributed by atoms with Crippen molar-refractivity contribution in [3.05, 3.63) is 23.3 Å². The predicted molar refractivity (Wildman–Crippen MR) is 79.2 cm³/mol. The second-order valence-electron chi connectivity index (χ2n) is 5.92. The molecule has 0 radical (unpaired) electrons. The van der Waals surface area contributed by atoms with Gasteiger partial charge < -0.3 is 10.2 Å². The molecule has 0 unspecified atom stereocenters. The summed E-state index contributed by atoms with van der Waals surface area (Å²) < 4.78 is 39.0. The van der Waals surface area contributed by atoms with Crippen LogP contribution in [0.4, 0.5) is 13.2 Å². The Balaban J connectivity index is 2.08. The zero-order valence-corrected chi connectivity index (χ0v) is 13.6. The number of nitrogens with one attached hydrogen (secondary N) is 1. The van der Waals surface area contributed by atoms with E-state index in [9.17, 15) is 22.8 Å². The third kappa shape index (κ3) is 4.21. The number of likely N-dealkylation sites (tertiary alicyclic amines) is 1. The number of nitrogens with zero attached hydrogens (tertiary/aromatic N) is 3. The fraction of sp³-hybridized carbons (Fsp3) is 0.600. The summed E-state index contributed by atoms with van der Waals surface area (Å²) in [5, 5.41) is 2.66. The average Bonchev–Trinajstić information content (AvgIpc) is 2.44. The highest BCUT2D eigenvalue weighted by Gasteiger charge is 2.47. The van der Waals surface area contributed by atoms with E-state index < -0.39 is 30.1 Å². The van der Waals surface area contributed by atoms with Crippen molar-refractivity contribution >= 4 is 11.8 Å². The number of alkyl halides is 3. The van der Waals surface area contributed by atoms with E-state index in [1.165, 1.54) is 6.07 Å². The molecule has 1 saturated heterocycles. The summed E-state index contributed by atoms with van der Waals surface area (Å²) in [4.78, 5) is 32.6. The van der Waals surface area contributed by atoms with Gasteiger partial charge in [-0.25, -0.2) is 9.97 Å². The van der Waals surface area contributed by atoms with Crippen molar-refractivity contribution in [1.82, 2.24) is 20.2 Å². The van der Waals surface area contributed by atoms with Gasteiger partial charge in [0.2, 0.25) is 5.91 Å². The minimum Gasteiger partial charge on any atom is -0.346 e. The first kappa shape index (κ1) is 18.2. The zero-order chi connectivity index (χ0) is 18.1. The number of hydrogen-bond acceptors (Lipinski definition) is 4. The Morgan fingerprint density at radius 2 is 1.92 bits per heavy atom. The molecule has 6 nitrogen and oxygen atoms in total. The first-order valence-electron chi connectivity index (χ1n) is 7.55. The highest BCUT2D eigenvalue weighted by Crippen LogP contribution is 2.32. The molecule has 2 heterocycles. The third-order valence-corrected chi connectivity index (χ3v) is 3.90. The van der Waals surface area contributed by atoms with Gasteiger partial charge in [0.1, 0.15) is 17.6 Å². The fourth-order valence-electron chi connectivity index (χ4n) is 2.87. The van der Waals surface area contributed by atoms with Crippen molar-refractivity contribution in [2.75, 3.05) is 6.54 Å². The van der Waals surface area contributed by atoms with Gasteiger partial charge in [0.05, 0.1) is 0 Å². The number of carbonyl (C=O) groups is 2. The number of rotatable bonds is 2. The van der Waals surface area contributed by atoms with Crippen LogP contribution < -0.4 is 5.32 Å². The van der Waals surface area contributed by atoms with Crippen LogP contribution in [-0.4, -0.2) is 51.5 Å². The molecule has 2 amide bonds. The van der Waals surface area contributed by atoms with Gasteiger partial charge in [-0.1, -0.05) is 0 Å². The number of aromatic nitrogens is 2. The number of carbonyl (C=O) groups excluding carboxylic acids is 2. The maximum absolute atomic E-state index is 13.0. The zero-order valence-electron chi connectivity index (χ0n) is 13.6. The Morgan fingerprint density at radius 3 is 2.46 bits per heavy atom. The lowest BCUT2D eigenvalue weighted by Gasteiger charge is -2.40. The first-order chi connectivity index (χ1) is 11.1. The number of amides is 2. The number of aryl methyl sites for hydroxylation is 2. The van der Waals surface area contributed by atoms with Crippen LogP contribution in [0.3, 0.4) is 0 Å². The van der Waals surface area contributed by atoms with Gasteiger partial charge in [-0.3, -0.25) is 9.59 Å². The molecule has 132 valence electrons. The van der Waals surface area contributed by atoms with Crippen molar-refractivity contribution in [1.29, 1.82) is 0 Å². The van der Waals surface area contributed by atoms with Gasteiger partial charge in [-0.15, -0.1) is 0 Å². The SMILES string of the molecule is CC(=O)N1C[C@H](NC(=O)c2cc(C)nc(C)n2)CC[C@H]1C(F)(F)F. The van der Waals surface area contributed by atoms with Crippen LogP contribution in [0.5, 0.6) is 0 Å². The standard InChI is InChI=1S/C15H19F3N4O2/c1-8-6-12(20-9(2)19-8)14(24)21-11-4-5-13(15(16,17)18)22(7-11)10(3)23/h6,11,13H,4-5,7H2,1-3H3,(H,21,24)/t11-,13+/m1/s1. The second kappa shape index (κ2) is 6.74. The maximum Gasteiger partial charge on any atom is 0.408 e. The molecule has 1 fully saturated rings. The largest absolute Gasteiger partial charge is 0.408 e. The summed E-state index contributed by atoms with van der Waals surface area (Å²) in [6.07, 6.45) is -4.57. The molecule has 1 aromatic heterocycles. The van der Waals surface area contributed by atoms with Gasteiger partial charge in [-0.05, 0) is 32.8 Å². The molecule has 1 aromatic rings. The Labute approximate surface area is 137 Å². The molecule has 2 atom stereocenters. The van der Waals surface area contributed by atoms with Gasteiger partial charge in [0.25, 0.3) is 5.91 Å². The summed E-state index contributed by atoms with van der Waals surface area (Å²) in [6.45, 7) is 4.29. The van der Waals surface area contributed by atoms with E-state index in [0.717, 1.165) is 11.8 Å². The maximum atomic E-state index is 13.0. The normalized spacial score (nSPS) is 21.5. The van der Waals surface area contributed by atoms with Gasteiger partial charge >= 0.3 is 6.18 Å². The fourth-order valence-corrected chi connectivity index (χ4v) is 2.87. The van der Waals surface area contributed by atoms with Crippen LogP contribution in [0.2, 0.25) is 0 Å². The molecule has 2 rings (SSSR count). The van der Waals surface area contributed by atoms with Gasteiger partial charge in [-0.2, -0.15) is 13.2 Å². The summed E-state index contributed by atoms with van der Waals surface area (Å²) in [5.41, 5.74) is 0.783. The molecule has 24 heavy (non-hydrogen) atoms. The number of halogens is 3. The lowest BCUT2D eigenvalue weighted by molar-refractivity contribution is -0.196. The molecule has 0 spiro atoms. The first-order valence-corrected chi connectivity index (χ1v) is 7.55. The van der Waals surface area contributed by atoms with Crippen LogP contribution in [0, 0.1) is 13.8 Å². The topological polar surface area (TPSA) is 75.2 Å². The molecular weight excluding hydrogens is 325 g/mol. The van der Waals surface area contributed by atoms with Crippen molar-refractivity contribution in [3.63, 3.8) is 0 Å². The van der Waals surface area contributed by atoms with Crippen molar-refractivity contribution in [2.24, 2.45) is 0 Å². The second-order valence-corrected chi connectivity index (χ2v) is 5.92. The van der Waals surface area contributed by atoms with Crippen LogP contribution in [0.1, 0.15) is 41.8 Å². The summed E-state index contributed by atoms with van der Waals surface area (Å²) in [5.74, 6) is -0.709. The molecule has 1 N–H and O–H groups in total. The minimum absolute atomic E-state index is 0.142. The average molecular weight is 344 g/mol. The summed E-state index contributed by atoms with van der Waals surface area (Å²) >= 11 is 0. The number of piperidine rings is 1. The van der Waals surface area contributed by atoms with Crippen LogP contribution in [0.15, 0.2) is 6.07 Å². The highest BCUT2D eigenvalue weighted by molar-refractivity contribution is 5.92. The van der Waals surface area contributed by atoms with E-state index >= 15 is 0 Å². The monoisotopic (exact) mass is 344 g/mol. The Bertz CT molecular complexity index is 628. The van der Waals surface area contributed by atoms with Crippen molar-refractivity contribution in [2.45, 2.75) is 51.9 Å². The summed E-state index contributed by atoms with van der Waals surface area (Å²) in [7, 11) is 0. The molecule has 1 aliphatic rings. The summed E-state index contributed by atoms with van der Waals surface area (Å²) in [6, 6.07) is -0.839. The van der Waals surface area contributed by atoms with Gasteiger partial charge in [0.15, 0.2) is 0 Å². The lowest BCUT2D eigenvalue weighted by atomic mass is 9.97. The molecule has 9 heteroatoms. The molecule has 0 aromatic carbocycles. The highest BCUT2D eigenvalue weighted by atomic mass is 19.4. The van der Waals surface area contributed by atoms with E-state index in [2.05, 4.69) is 15.3 Å². The van der Waals surface area contributed by atoms with Crippen LogP contribution in [0.25, 0.3) is 0 Å². The van der Waals surface area contributed by atoms with E-state index in [0.29, 0.717) is 11.5 Å². The van der Waals surface area contributed by atoms with Crippen LogP contribution >= 0.6 is 0 Å². The van der Waals surface area contributed by atoms with E-state index in [1.807, 2.05) is 0 Å². The molecule has 0 bridgehead atoms. The van der Waals surface area contributed by atoms with Crippen molar-refractivity contribution in [3.8, 4) is 0 Å². The predicted octanol–water partition coefficient (Wildman–Crippen LogP) is 1.77. The molecule has 1 aliphatic heterocycles. The van der Waals surface area contributed by atoms with E-state index in [1.54, 1.807) is 13.8 Å². The molecular formula is C15H19F3N4O2. The minimum atomic E-state index is -4.47. The van der Waals surface area contributed by atoms with E-state index in [4.69, 9.17) is 0 Å². The quantitative estimate of drug-likeness (QED) is 0.887. The lowest BCUT2D eigenvalue weighted by Crippen LogP contribution is -2.57. The molecule has 0 aliphatic carbocycles. The number of hydrogen-bond donors (Lipinski definition) is 1. The van der Waals surface area contributed by atoms with Crippen molar-refractivity contribution < 1.29 is 22.8 Å². The Kier molecular flexibility index (Phi) is 5.10.